The molecule has 1 rings (SSSR count). The monoisotopic (exact) mass is 269 g/mol. The van der Waals surface area contributed by atoms with E-state index in [2.05, 4.69) is 32.2 Å². The van der Waals surface area contributed by atoms with Gasteiger partial charge in [-0.15, -0.1) is 6.58 Å². The first-order valence-corrected chi connectivity index (χ1v) is 6.90. The van der Waals surface area contributed by atoms with E-state index in [0.717, 1.165) is 19.6 Å². The van der Waals surface area contributed by atoms with E-state index in [-0.39, 0.29) is 0 Å². The molecule has 0 unspecified atom stereocenters. The standard InChI is InChI=1S/C11H19N5OS/c1-4-6-12-9-14-10(13-7-5-8-17-2)16-11(15-9)18-3/h4H,1,5-8H2,2-3H3,(H2,12,13,14,15,16). The van der Waals surface area contributed by atoms with Crippen LogP contribution in [0.3, 0.4) is 0 Å². The summed E-state index contributed by atoms with van der Waals surface area (Å²) in [4.78, 5) is 12.8. The minimum Gasteiger partial charge on any atom is -0.385 e. The highest BCUT2D eigenvalue weighted by Crippen LogP contribution is 2.13. The van der Waals surface area contributed by atoms with E-state index in [4.69, 9.17) is 4.74 Å². The Hall–Kier alpha value is -1.34. The largest absolute Gasteiger partial charge is 0.385 e. The molecule has 0 aliphatic rings. The highest BCUT2D eigenvalue weighted by molar-refractivity contribution is 7.98. The highest BCUT2D eigenvalue weighted by Gasteiger charge is 2.04. The SMILES string of the molecule is C=CCNc1nc(NCCCOC)nc(SC)n1. The Bertz CT molecular complexity index is 374. The predicted octanol–water partition coefficient (Wildman–Crippen LogP) is 1.64. The van der Waals surface area contributed by atoms with Crippen molar-refractivity contribution in [1.29, 1.82) is 0 Å². The molecule has 1 heterocycles. The van der Waals surface area contributed by atoms with Crippen LogP contribution >= 0.6 is 11.8 Å². The van der Waals surface area contributed by atoms with Gasteiger partial charge in [0.2, 0.25) is 11.9 Å². The molecule has 100 valence electrons. The third-order valence-electron chi connectivity index (χ3n) is 2.01. The lowest BCUT2D eigenvalue weighted by atomic mass is 10.4. The maximum atomic E-state index is 4.98. The van der Waals surface area contributed by atoms with Gasteiger partial charge in [-0.05, 0) is 12.7 Å². The van der Waals surface area contributed by atoms with Crippen molar-refractivity contribution in [3.63, 3.8) is 0 Å². The molecule has 0 radical (unpaired) electrons. The van der Waals surface area contributed by atoms with Crippen LogP contribution < -0.4 is 10.6 Å². The molecule has 0 bridgehead atoms. The molecule has 0 amide bonds. The zero-order valence-corrected chi connectivity index (χ0v) is 11.6. The quantitative estimate of drug-likeness (QED) is 0.401. The van der Waals surface area contributed by atoms with E-state index in [9.17, 15) is 0 Å². The normalized spacial score (nSPS) is 10.1. The summed E-state index contributed by atoms with van der Waals surface area (Å²) in [6.07, 6.45) is 4.60. The van der Waals surface area contributed by atoms with Gasteiger partial charge in [-0.1, -0.05) is 17.8 Å². The molecule has 2 N–H and O–H groups in total. The highest BCUT2D eigenvalue weighted by atomic mass is 32.2. The lowest BCUT2D eigenvalue weighted by Gasteiger charge is -2.08. The summed E-state index contributed by atoms with van der Waals surface area (Å²) in [5.41, 5.74) is 0. The third kappa shape index (κ3) is 5.33. The molecule has 0 aromatic carbocycles. The molecule has 0 aliphatic heterocycles. The van der Waals surface area contributed by atoms with E-state index in [0.29, 0.717) is 23.6 Å². The number of hydrogen-bond acceptors (Lipinski definition) is 7. The van der Waals surface area contributed by atoms with Crippen LogP contribution in [0.2, 0.25) is 0 Å². The lowest BCUT2D eigenvalue weighted by molar-refractivity contribution is 0.197. The van der Waals surface area contributed by atoms with Gasteiger partial charge in [0.1, 0.15) is 0 Å². The first kappa shape index (κ1) is 14.7. The van der Waals surface area contributed by atoms with E-state index >= 15 is 0 Å². The second kappa shape index (κ2) is 8.71. The zero-order valence-electron chi connectivity index (χ0n) is 10.8. The Labute approximate surface area is 112 Å². The Balaban J connectivity index is 2.61. The van der Waals surface area contributed by atoms with Crippen molar-refractivity contribution in [3.8, 4) is 0 Å². The Morgan fingerprint density at radius 3 is 2.61 bits per heavy atom. The Kier molecular flexibility index (Phi) is 7.12. The van der Waals surface area contributed by atoms with Gasteiger partial charge in [0.25, 0.3) is 0 Å². The van der Waals surface area contributed by atoms with Gasteiger partial charge >= 0.3 is 0 Å². The number of ether oxygens (including phenoxy) is 1. The van der Waals surface area contributed by atoms with E-state index < -0.39 is 0 Å². The molecule has 0 aliphatic carbocycles. The van der Waals surface area contributed by atoms with E-state index in [1.807, 2.05) is 6.26 Å². The van der Waals surface area contributed by atoms with Crippen molar-refractivity contribution < 1.29 is 4.74 Å². The van der Waals surface area contributed by atoms with Gasteiger partial charge in [0, 0.05) is 26.8 Å². The average molecular weight is 269 g/mol. The van der Waals surface area contributed by atoms with Crippen molar-refractivity contribution in [2.24, 2.45) is 0 Å². The zero-order chi connectivity index (χ0) is 13.2. The number of nitrogens with zero attached hydrogens (tertiary/aromatic N) is 3. The summed E-state index contributed by atoms with van der Waals surface area (Å²) >= 11 is 1.48. The molecular weight excluding hydrogens is 250 g/mol. The Morgan fingerprint density at radius 1 is 1.28 bits per heavy atom. The first-order valence-electron chi connectivity index (χ1n) is 5.67. The molecule has 0 fully saturated rings. The number of thioether (sulfide) groups is 1. The fraction of sp³-hybridized carbons (Fsp3) is 0.545. The minimum absolute atomic E-state index is 0.559. The molecular formula is C11H19N5OS. The second-order valence-corrected chi connectivity index (χ2v) is 4.19. The smallest absolute Gasteiger partial charge is 0.228 e. The van der Waals surface area contributed by atoms with Gasteiger partial charge in [-0.2, -0.15) is 15.0 Å². The maximum absolute atomic E-state index is 4.98. The second-order valence-electron chi connectivity index (χ2n) is 3.41. The van der Waals surface area contributed by atoms with Crippen LogP contribution in [-0.4, -0.2) is 48.0 Å². The summed E-state index contributed by atoms with van der Waals surface area (Å²) in [6.45, 7) is 5.76. The molecule has 7 heteroatoms. The average Bonchev–Trinajstić information content (AvgIpc) is 2.41. The number of methoxy groups -OCH3 is 1. The third-order valence-corrected chi connectivity index (χ3v) is 2.56. The predicted molar refractivity (Wildman–Crippen MR) is 75.3 cm³/mol. The number of aromatic nitrogens is 3. The molecule has 1 aromatic heterocycles. The topological polar surface area (TPSA) is 72.0 Å². The number of hydrogen-bond donors (Lipinski definition) is 2. The number of nitrogens with one attached hydrogen (secondary N) is 2. The molecule has 0 saturated carbocycles. The van der Waals surface area contributed by atoms with Crippen LogP contribution in [0.1, 0.15) is 6.42 Å². The van der Waals surface area contributed by atoms with Gasteiger partial charge in [-0.3, -0.25) is 0 Å². The summed E-state index contributed by atoms with van der Waals surface area (Å²) in [5, 5.41) is 6.89. The van der Waals surface area contributed by atoms with Gasteiger partial charge in [0.05, 0.1) is 0 Å². The number of rotatable bonds is 9. The number of anilines is 2. The van der Waals surface area contributed by atoms with Crippen LogP contribution in [0.15, 0.2) is 17.8 Å². The van der Waals surface area contributed by atoms with Crippen molar-refractivity contribution in [3.05, 3.63) is 12.7 Å². The fourth-order valence-electron chi connectivity index (χ4n) is 1.19. The van der Waals surface area contributed by atoms with Crippen LogP contribution in [0.25, 0.3) is 0 Å². The molecule has 6 nitrogen and oxygen atoms in total. The minimum atomic E-state index is 0.559. The van der Waals surface area contributed by atoms with Gasteiger partial charge in [0.15, 0.2) is 5.16 Å². The maximum Gasteiger partial charge on any atom is 0.228 e. The first-order chi connectivity index (χ1) is 8.80. The molecule has 18 heavy (non-hydrogen) atoms. The lowest BCUT2D eigenvalue weighted by Crippen LogP contribution is -2.11. The summed E-state index contributed by atoms with van der Waals surface area (Å²) in [5.74, 6) is 1.14. The summed E-state index contributed by atoms with van der Waals surface area (Å²) < 4.78 is 4.98. The van der Waals surface area contributed by atoms with Crippen molar-refractivity contribution in [2.45, 2.75) is 11.6 Å². The molecule has 0 saturated heterocycles. The van der Waals surface area contributed by atoms with Gasteiger partial charge < -0.3 is 15.4 Å². The molecule has 0 spiro atoms. The summed E-state index contributed by atoms with van der Waals surface area (Å²) in [7, 11) is 1.69. The van der Waals surface area contributed by atoms with Crippen molar-refractivity contribution in [2.75, 3.05) is 43.7 Å². The van der Waals surface area contributed by atoms with E-state index in [1.165, 1.54) is 11.8 Å². The van der Waals surface area contributed by atoms with Crippen molar-refractivity contribution in [1.82, 2.24) is 15.0 Å². The van der Waals surface area contributed by atoms with Crippen LogP contribution in [0, 0.1) is 0 Å². The van der Waals surface area contributed by atoms with Crippen LogP contribution in [-0.2, 0) is 4.74 Å². The fourth-order valence-corrected chi connectivity index (χ4v) is 1.54. The van der Waals surface area contributed by atoms with Gasteiger partial charge in [-0.25, -0.2) is 0 Å². The van der Waals surface area contributed by atoms with Crippen molar-refractivity contribution >= 4 is 23.7 Å². The Morgan fingerprint density at radius 2 is 2.00 bits per heavy atom. The van der Waals surface area contributed by atoms with E-state index in [1.54, 1.807) is 13.2 Å². The summed E-state index contributed by atoms with van der Waals surface area (Å²) in [6, 6.07) is 0. The molecule has 1 aromatic rings. The van der Waals surface area contributed by atoms with Crippen LogP contribution in [0.4, 0.5) is 11.9 Å². The van der Waals surface area contributed by atoms with Crippen LogP contribution in [0.5, 0.6) is 0 Å². The molecule has 0 atom stereocenters.